The van der Waals surface area contributed by atoms with E-state index in [4.69, 9.17) is 4.74 Å². The summed E-state index contributed by atoms with van der Waals surface area (Å²) in [5.74, 6) is -7.46. The van der Waals surface area contributed by atoms with Gasteiger partial charge in [-0.25, -0.2) is 13.2 Å². The lowest BCUT2D eigenvalue weighted by atomic mass is 9.90. The Hall–Kier alpha value is -2.77. The summed E-state index contributed by atoms with van der Waals surface area (Å²) in [6.07, 6.45) is -5.16. The van der Waals surface area contributed by atoms with Crippen molar-refractivity contribution < 1.29 is 36.3 Å². The molecule has 2 rings (SSSR count). The Morgan fingerprint density at radius 2 is 1.66 bits per heavy atom. The van der Waals surface area contributed by atoms with Crippen molar-refractivity contribution in [1.29, 1.82) is 0 Å². The van der Waals surface area contributed by atoms with Crippen LogP contribution in [-0.2, 0) is 22.4 Å². The van der Waals surface area contributed by atoms with Crippen LogP contribution in [0.2, 0.25) is 0 Å². The van der Waals surface area contributed by atoms with E-state index in [-0.39, 0.29) is 24.2 Å². The lowest BCUT2D eigenvalue weighted by Gasteiger charge is -2.17. The molecule has 0 fully saturated rings. The van der Waals surface area contributed by atoms with E-state index in [1.54, 1.807) is 6.92 Å². The third kappa shape index (κ3) is 6.10. The molecule has 0 aliphatic heterocycles. The van der Waals surface area contributed by atoms with Crippen molar-refractivity contribution in [2.75, 3.05) is 6.61 Å². The normalized spacial score (nSPS) is 12.7. The first kappa shape index (κ1) is 22.5. The molecule has 0 heterocycles. The monoisotopic (exact) mass is 414 g/mol. The number of hydrogen-bond acceptors (Lipinski definition) is 3. The standard InChI is InChI=1S/C21H19F5O3/c1-2-29-19(28)17(18(27)15-6-8-16(22)9-7-15)11-13-4-3-5-14(10-13)12-21(25,26)20(23)24/h3-10,17,20H,2,11-12H2,1H3. The number of hydrogen-bond donors (Lipinski definition) is 0. The van der Waals surface area contributed by atoms with Gasteiger partial charge in [-0.15, -0.1) is 0 Å². The van der Waals surface area contributed by atoms with Crippen LogP contribution >= 0.6 is 0 Å². The fourth-order valence-electron chi connectivity index (χ4n) is 2.79. The number of carbonyl (C=O) groups is 2. The van der Waals surface area contributed by atoms with Crippen LogP contribution in [0.1, 0.15) is 28.4 Å². The summed E-state index contributed by atoms with van der Waals surface area (Å²) in [4.78, 5) is 25.0. The minimum Gasteiger partial charge on any atom is -0.465 e. The van der Waals surface area contributed by atoms with E-state index in [0.717, 1.165) is 12.1 Å². The smallest absolute Gasteiger partial charge is 0.317 e. The Balaban J connectivity index is 2.27. The third-order valence-corrected chi connectivity index (χ3v) is 4.21. The van der Waals surface area contributed by atoms with E-state index >= 15 is 0 Å². The van der Waals surface area contributed by atoms with Crippen LogP contribution in [0.25, 0.3) is 0 Å². The second kappa shape index (κ2) is 9.62. The van der Waals surface area contributed by atoms with E-state index in [0.29, 0.717) is 5.56 Å². The summed E-state index contributed by atoms with van der Waals surface area (Å²) in [5, 5.41) is 0. The maximum absolute atomic E-state index is 13.3. The highest BCUT2D eigenvalue weighted by Crippen LogP contribution is 2.28. The van der Waals surface area contributed by atoms with E-state index in [9.17, 15) is 31.5 Å². The van der Waals surface area contributed by atoms with Crippen LogP contribution in [0.15, 0.2) is 48.5 Å². The molecule has 2 aromatic carbocycles. The maximum Gasteiger partial charge on any atom is 0.317 e. The molecule has 0 bridgehead atoms. The molecule has 0 aromatic heterocycles. The molecule has 0 saturated carbocycles. The van der Waals surface area contributed by atoms with Crippen LogP contribution in [0.3, 0.4) is 0 Å². The van der Waals surface area contributed by atoms with Crippen molar-refractivity contribution in [2.45, 2.75) is 32.1 Å². The van der Waals surface area contributed by atoms with Gasteiger partial charge in [0.25, 0.3) is 0 Å². The van der Waals surface area contributed by atoms with Crippen LogP contribution < -0.4 is 0 Å². The van der Waals surface area contributed by atoms with Gasteiger partial charge in [0.1, 0.15) is 11.7 Å². The molecule has 0 N–H and O–H groups in total. The van der Waals surface area contributed by atoms with Gasteiger partial charge >= 0.3 is 18.3 Å². The van der Waals surface area contributed by atoms with Gasteiger partial charge < -0.3 is 4.74 Å². The molecule has 0 spiro atoms. The van der Waals surface area contributed by atoms with Gasteiger partial charge in [-0.2, -0.15) is 8.78 Å². The molecule has 8 heteroatoms. The first-order chi connectivity index (χ1) is 13.6. The first-order valence-corrected chi connectivity index (χ1v) is 8.84. The van der Waals surface area contributed by atoms with Crippen molar-refractivity contribution in [3.63, 3.8) is 0 Å². The van der Waals surface area contributed by atoms with Crippen molar-refractivity contribution in [2.24, 2.45) is 5.92 Å². The highest BCUT2D eigenvalue weighted by atomic mass is 19.3. The van der Waals surface area contributed by atoms with Crippen molar-refractivity contribution in [3.05, 3.63) is 71.0 Å². The molecule has 0 amide bonds. The van der Waals surface area contributed by atoms with E-state index in [2.05, 4.69) is 0 Å². The van der Waals surface area contributed by atoms with Crippen LogP contribution in [0.4, 0.5) is 22.0 Å². The lowest BCUT2D eigenvalue weighted by molar-refractivity contribution is -0.146. The summed E-state index contributed by atoms with van der Waals surface area (Å²) >= 11 is 0. The van der Waals surface area contributed by atoms with Crippen molar-refractivity contribution in [1.82, 2.24) is 0 Å². The highest BCUT2D eigenvalue weighted by Gasteiger charge is 2.40. The molecule has 0 radical (unpaired) electrons. The van der Waals surface area contributed by atoms with Gasteiger partial charge in [0, 0.05) is 12.0 Å². The second-order valence-electron chi connectivity index (χ2n) is 6.44. The van der Waals surface area contributed by atoms with E-state index in [1.807, 2.05) is 0 Å². The van der Waals surface area contributed by atoms with Crippen LogP contribution in [0, 0.1) is 11.7 Å². The number of ether oxygens (including phenoxy) is 1. The molecule has 3 nitrogen and oxygen atoms in total. The number of benzene rings is 2. The fourth-order valence-corrected chi connectivity index (χ4v) is 2.79. The number of rotatable bonds is 9. The van der Waals surface area contributed by atoms with Gasteiger partial charge in [0.2, 0.25) is 0 Å². The molecular weight excluding hydrogens is 395 g/mol. The minimum absolute atomic E-state index is 0.0205. The van der Waals surface area contributed by atoms with Gasteiger partial charge in [-0.05, 0) is 48.7 Å². The predicted octanol–water partition coefficient (Wildman–Crippen LogP) is 4.87. The van der Waals surface area contributed by atoms with Gasteiger partial charge in [-0.1, -0.05) is 24.3 Å². The van der Waals surface area contributed by atoms with Gasteiger partial charge in [0.05, 0.1) is 6.61 Å². The number of ketones is 1. The Labute approximate surface area is 164 Å². The van der Waals surface area contributed by atoms with E-state index in [1.165, 1.54) is 36.4 Å². The Morgan fingerprint density at radius 3 is 2.24 bits per heavy atom. The van der Waals surface area contributed by atoms with Crippen LogP contribution in [-0.4, -0.2) is 30.7 Å². The molecular formula is C21H19F5O3. The Kier molecular flexibility index (Phi) is 7.47. The number of carbonyl (C=O) groups excluding carboxylic acids is 2. The van der Waals surface area contributed by atoms with Gasteiger partial charge in [-0.3, -0.25) is 9.59 Å². The number of halogens is 5. The average molecular weight is 414 g/mol. The summed E-state index contributed by atoms with van der Waals surface area (Å²) in [6.45, 7) is 1.58. The average Bonchev–Trinajstić information content (AvgIpc) is 2.66. The molecule has 1 atom stereocenters. The Bertz CT molecular complexity index is 850. The maximum atomic E-state index is 13.3. The summed E-state index contributed by atoms with van der Waals surface area (Å²) < 4.78 is 69.6. The highest BCUT2D eigenvalue weighted by molar-refractivity contribution is 6.08. The molecule has 2 aromatic rings. The quantitative estimate of drug-likeness (QED) is 0.254. The van der Waals surface area contributed by atoms with Crippen LogP contribution in [0.5, 0.6) is 0 Å². The second-order valence-corrected chi connectivity index (χ2v) is 6.44. The molecule has 0 aliphatic rings. The number of alkyl halides is 4. The van der Waals surface area contributed by atoms with Crippen molar-refractivity contribution in [3.8, 4) is 0 Å². The Morgan fingerprint density at radius 1 is 1.03 bits per heavy atom. The molecule has 0 saturated heterocycles. The minimum atomic E-state index is -4.19. The summed E-state index contributed by atoms with van der Waals surface area (Å²) in [6, 6.07) is 9.99. The first-order valence-electron chi connectivity index (χ1n) is 8.84. The molecule has 29 heavy (non-hydrogen) atoms. The SMILES string of the molecule is CCOC(=O)C(Cc1cccc(CC(F)(F)C(F)F)c1)C(=O)c1ccc(F)cc1. The van der Waals surface area contributed by atoms with E-state index < -0.39 is 42.3 Å². The summed E-state index contributed by atoms with van der Waals surface area (Å²) in [7, 11) is 0. The third-order valence-electron chi connectivity index (χ3n) is 4.21. The lowest BCUT2D eigenvalue weighted by Crippen LogP contribution is -2.29. The zero-order valence-corrected chi connectivity index (χ0v) is 15.5. The van der Waals surface area contributed by atoms with Crippen molar-refractivity contribution >= 4 is 11.8 Å². The fraction of sp³-hybridized carbons (Fsp3) is 0.333. The number of esters is 1. The number of Topliss-reactive ketones (excluding diaryl/α,β-unsaturated/α-hetero) is 1. The summed E-state index contributed by atoms with van der Waals surface area (Å²) in [5.41, 5.74) is 0.371. The predicted molar refractivity (Wildman–Crippen MR) is 95.7 cm³/mol. The molecule has 0 aliphatic carbocycles. The molecule has 1 unspecified atom stereocenters. The zero-order valence-electron chi connectivity index (χ0n) is 15.5. The topological polar surface area (TPSA) is 43.4 Å². The largest absolute Gasteiger partial charge is 0.465 e. The molecule has 156 valence electrons. The zero-order chi connectivity index (χ0) is 21.6. The van der Waals surface area contributed by atoms with Gasteiger partial charge in [0.15, 0.2) is 5.78 Å².